The number of hydrogen-bond acceptors (Lipinski definition) is 1. The molecule has 0 N–H and O–H groups in total. The van der Waals surface area contributed by atoms with E-state index in [1.165, 1.54) is 0 Å². The van der Waals surface area contributed by atoms with Crippen molar-refractivity contribution in [2.45, 2.75) is 13.8 Å². The highest BCUT2D eigenvalue weighted by Gasteiger charge is 2.29. The summed E-state index contributed by atoms with van der Waals surface area (Å²) in [6, 6.07) is 0. The molecular weight excluding hydrogens is 162 g/mol. The zero-order valence-electron chi connectivity index (χ0n) is 6.97. The molecule has 1 aliphatic rings. The van der Waals surface area contributed by atoms with E-state index >= 15 is 0 Å². The quantitative estimate of drug-likeness (QED) is 0.555. The summed E-state index contributed by atoms with van der Waals surface area (Å²) in [7, 11) is 0. The SMILES string of the molecule is CC1=CC(F)=C(F)C(C=O)[C@@H]1C. The van der Waals surface area contributed by atoms with Crippen molar-refractivity contribution in [1.82, 2.24) is 0 Å². The predicted molar refractivity (Wildman–Crippen MR) is 41.7 cm³/mol. The lowest BCUT2D eigenvalue weighted by atomic mass is 9.84. The maximum Gasteiger partial charge on any atom is 0.155 e. The molecule has 0 spiro atoms. The van der Waals surface area contributed by atoms with Crippen molar-refractivity contribution in [2.24, 2.45) is 11.8 Å². The molecule has 0 saturated carbocycles. The van der Waals surface area contributed by atoms with Crippen molar-refractivity contribution in [1.29, 1.82) is 0 Å². The van der Waals surface area contributed by atoms with Gasteiger partial charge in [0.15, 0.2) is 5.83 Å². The van der Waals surface area contributed by atoms with Crippen LogP contribution in [0.2, 0.25) is 0 Å². The van der Waals surface area contributed by atoms with Gasteiger partial charge in [-0.1, -0.05) is 12.5 Å². The molecule has 1 unspecified atom stereocenters. The molecule has 1 aliphatic carbocycles. The zero-order valence-corrected chi connectivity index (χ0v) is 6.97. The minimum absolute atomic E-state index is 0.234. The zero-order chi connectivity index (χ0) is 9.30. The second kappa shape index (κ2) is 3.17. The minimum Gasteiger partial charge on any atom is -0.303 e. The van der Waals surface area contributed by atoms with Gasteiger partial charge in [-0.05, 0) is 18.9 Å². The Morgan fingerprint density at radius 1 is 1.50 bits per heavy atom. The minimum atomic E-state index is -0.942. The van der Waals surface area contributed by atoms with E-state index in [1.54, 1.807) is 13.8 Å². The van der Waals surface area contributed by atoms with E-state index < -0.39 is 17.6 Å². The second-order valence-corrected chi connectivity index (χ2v) is 3.03. The van der Waals surface area contributed by atoms with Crippen LogP contribution in [-0.4, -0.2) is 6.29 Å². The Hall–Kier alpha value is -0.990. The Labute approximate surface area is 69.8 Å². The van der Waals surface area contributed by atoms with E-state index in [-0.39, 0.29) is 5.92 Å². The van der Waals surface area contributed by atoms with E-state index in [1.807, 2.05) is 0 Å². The maximum atomic E-state index is 12.9. The van der Waals surface area contributed by atoms with Crippen molar-refractivity contribution in [3.8, 4) is 0 Å². The summed E-state index contributed by atoms with van der Waals surface area (Å²) in [5, 5.41) is 0. The smallest absolute Gasteiger partial charge is 0.155 e. The van der Waals surface area contributed by atoms with Crippen LogP contribution in [0.5, 0.6) is 0 Å². The van der Waals surface area contributed by atoms with Crippen molar-refractivity contribution in [3.05, 3.63) is 23.3 Å². The van der Waals surface area contributed by atoms with Gasteiger partial charge < -0.3 is 4.79 Å². The molecule has 12 heavy (non-hydrogen) atoms. The van der Waals surface area contributed by atoms with Crippen LogP contribution >= 0.6 is 0 Å². The van der Waals surface area contributed by atoms with Crippen LogP contribution in [0.25, 0.3) is 0 Å². The van der Waals surface area contributed by atoms with Crippen molar-refractivity contribution < 1.29 is 13.6 Å². The molecule has 0 saturated heterocycles. The molecule has 0 heterocycles. The fraction of sp³-hybridized carbons (Fsp3) is 0.444. The number of hydrogen-bond donors (Lipinski definition) is 0. The van der Waals surface area contributed by atoms with E-state index in [9.17, 15) is 13.6 Å². The van der Waals surface area contributed by atoms with Crippen LogP contribution in [0.15, 0.2) is 23.3 Å². The van der Waals surface area contributed by atoms with E-state index in [0.717, 1.165) is 6.08 Å². The van der Waals surface area contributed by atoms with Crippen molar-refractivity contribution in [3.63, 3.8) is 0 Å². The number of aldehydes is 1. The summed E-state index contributed by atoms with van der Waals surface area (Å²) < 4.78 is 25.6. The summed E-state index contributed by atoms with van der Waals surface area (Å²) in [6.45, 7) is 3.39. The molecule has 3 heteroatoms. The summed E-state index contributed by atoms with van der Waals surface area (Å²) >= 11 is 0. The van der Waals surface area contributed by atoms with Crippen LogP contribution in [-0.2, 0) is 4.79 Å². The number of rotatable bonds is 1. The molecule has 0 fully saturated rings. The summed E-state index contributed by atoms with van der Waals surface area (Å²) in [5.74, 6) is -3.03. The number of allylic oxidation sites excluding steroid dienone is 4. The molecule has 2 atom stereocenters. The van der Waals surface area contributed by atoms with Crippen LogP contribution in [0.4, 0.5) is 8.78 Å². The third-order valence-electron chi connectivity index (χ3n) is 2.28. The van der Waals surface area contributed by atoms with Gasteiger partial charge in [0.1, 0.15) is 12.1 Å². The molecule has 0 aromatic carbocycles. The molecule has 1 rings (SSSR count). The third kappa shape index (κ3) is 1.31. The molecule has 0 aromatic rings. The van der Waals surface area contributed by atoms with Gasteiger partial charge in [0.2, 0.25) is 0 Å². The lowest BCUT2D eigenvalue weighted by molar-refractivity contribution is -0.111. The highest BCUT2D eigenvalue weighted by atomic mass is 19.2. The van der Waals surface area contributed by atoms with Crippen LogP contribution < -0.4 is 0 Å². The Morgan fingerprint density at radius 3 is 2.58 bits per heavy atom. The molecular formula is C9H10F2O. The fourth-order valence-electron chi connectivity index (χ4n) is 1.24. The fourth-order valence-corrected chi connectivity index (χ4v) is 1.24. The topological polar surface area (TPSA) is 17.1 Å². The van der Waals surface area contributed by atoms with Gasteiger partial charge in [-0.3, -0.25) is 0 Å². The molecule has 0 radical (unpaired) electrons. The van der Waals surface area contributed by atoms with Gasteiger partial charge in [-0.2, -0.15) is 0 Å². The first-order chi connectivity index (χ1) is 5.57. The summed E-state index contributed by atoms with van der Waals surface area (Å²) in [5.41, 5.74) is 0.700. The Kier molecular flexibility index (Phi) is 2.40. The number of carbonyl (C=O) groups is 1. The van der Waals surface area contributed by atoms with Gasteiger partial charge in [-0.25, -0.2) is 8.78 Å². The third-order valence-corrected chi connectivity index (χ3v) is 2.28. The normalized spacial score (nSPS) is 30.2. The molecule has 66 valence electrons. The Morgan fingerprint density at radius 2 is 2.08 bits per heavy atom. The first-order valence-corrected chi connectivity index (χ1v) is 3.76. The van der Waals surface area contributed by atoms with Crippen molar-refractivity contribution >= 4 is 6.29 Å². The van der Waals surface area contributed by atoms with E-state index in [0.29, 0.717) is 11.9 Å². The van der Waals surface area contributed by atoms with Crippen molar-refractivity contribution in [2.75, 3.05) is 0 Å². The molecule has 0 bridgehead atoms. The van der Waals surface area contributed by atoms with Gasteiger partial charge in [0.25, 0.3) is 0 Å². The number of halogens is 2. The van der Waals surface area contributed by atoms with Gasteiger partial charge >= 0.3 is 0 Å². The first-order valence-electron chi connectivity index (χ1n) is 3.76. The highest BCUT2D eigenvalue weighted by molar-refractivity contribution is 5.61. The monoisotopic (exact) mass is 172 g/mol. The lowest BCUT2D eigenvalue weighted by Crippen LogP contribution is -2.19. The van der Waals surface area contributed by atoms with Crippen LogP contribution in [0.1, 0.15) is 13.8 Å². The van der Waals surface area contributed by atoms with Crippen LogP contribution in [0, 0.1) is 11.8 Å². The van der Waals surface area contributed by atoms with Crippen LogP contribution in [0.3, 0.4) is 0 Å². The maximum absolute atomic E-state index is 12.9. The van der Waals surface area contributed by atoms with E-state index in [2.05, 4.69) is 0 Å². The molecule has 1 nitrogen and oxygen atoms in total. The predicted octanol–water partition coefficient (Wildman–Crippen LogP) is 2.55. The van der Waals surface area contributed by atoms with Gasteiger partial charge in [0.05, 0.1) is 5.92 Å². The Bertz CT molecular complexity index is 266. The van der Waals surface area contributed by atoms with Gasteiger partial charge in [0, 0.05) is 0 Å². The molecule has 0 aliphatic heterocycles. The first kappa shape index (κ1) is 9.10. The van der Waals surface area contributed by atoms with Gasteiger partial charge in [-0.15, -0.1) is 0 Å². The lowest BCUT2D eigenvalue weighted by Gasteiger charge is -2.21. The highest BCUT2D eigenvalue weighted by Crippen LogP contribution is 2.34. The summed E-state index contributed by atoms with van der Waals surface area (Å²) in [6.07, 6.45) is 1.59. The average Bonchev–Trinajstić information content (AvgIpc) is 2.02. The molecule has 0 aromatic heterocycles. The average molecular weight is 172 g/mol. The molecule has 0 amide bonds. The Balaban J connectivity index is 3.07. The summed E-state index contributed by atoms with van der Waals surface area (Å²) in [4.78, 5) is 10.4. The second-order valence-electron chi connectivity index (χ2n) is 3.03. The number of carbonyl (C=O) groups excluding carboxylic acids is 1. The standard InChI is InChI=1S/C9H10F2O/c1-5-3-8(10)9(11)7(4-12)6(5)2/h3-4,6-7H,1-2H3/t6-,7?/m1/s1. The largest absolute Gasteiger partial charge is 0.303 e. The van der Waals surface area contributed by atoms with E-state index in [4.69, 9.17) is 0 Å².